The first-order valence-corrected chi connectivity index (χ1v) is 6.60. The van der Waals surface area contributed by atoms with E-state index in [2.05, 4.69) is 0 Å². The highest BCUT2D eigenvalue weighted by Gasteiger charge is 2.56. The minimum atomic E-state index is -0.486. The van der Waals surface area contributed by atoms with Gasteiger partial charge in [-0.1, -0.05) is 23.7 Å². The maximum atomic E-state index is 10.2. The van der Waals surface area contributed by atoms with E-state index in [1.807, 2.05) is 12.1 Å². The molecule has 0 aliphatic heterocycles. The number of aliphatic hydroxyl groups excluding tert-OH is 1. The molecule has 3 aliphatic carbocycles. The van der Waals surface area contributed by atoms with Crippen LogP contribution in [-0.2, 0) is 0 Å². The highest BCUT2D eigenvalue weighted by molar-refractivity contribution is 6.30. The largest absolute Gasteiger partial charge is 0.390 e. The fourth-order valence-electron chi connectivity index (χ4n) is 3.47. The predicted octanol–water partition coefficient (Wildman–Crippen LogP) is 2.92. The van der Waals surface area contributed by atoms with Crippen molar-refractivity contribution in [3.63, 3.8) is 0 Å². The van der Waals surface area contributed by atoms with Crippen molar-refractivity contribution in [1.82, 2.24) is 0 Å². The monoisotopic (exact) mass is 252 g/mol. The summed E-state index contributed by atoms with van der Waals surface area (Å²) < 4.78 is 0. The first-order chi connectivity index (χ1) is 8.07. The Hall–Kier alpha value is -0.570. The Morgan fingerprint density at radius 1 is 1.29 bits per heavy atom. The van der Waals surface area contributed by atoms with Crippen molar-refractivity contribution in [2.24, 2.45) is 11.8 Å². The van der Waals surface area contributed by atoms with Gasteiger partial charge in [0.1, 0.15) is 0 Å². The van der Waals surface area contributed by atoms with E-state index in [-0.39, 0.29) is 5.92 Å². The maximum Gasteiger partial charge on any atom is 0.0793 e. The predicted molar refractivity (Wildman–Crippen MR) is 66.8 cm³/mol. The summed E-state index contributed by atoms with van der Waals surface area (Å²) in [6.45, 7) is 0. The van der Waals surface area contributed by atoms with Gasteiger partial charge < -0.3 is 10.2 Å². The number of aliphatic hydroxyl groups is 2. The molecule has 17 heavy (non-hydrogen) atoms. The molecule has 2 bridgehead atoms. The van der Waals surface area contributed by atoms with Crippen molar-refractivity contribution in [3.8, 4) is 0 Å². The third-order valence-electron chi connectivity index (χ3n) is 4.42. The van der Waals surface area contributed by atoms with E-state index in [9.17, 15) is 10.2 Å². The molecule has 0 aromatic heterocycles. The van der Waals surface area contributed by atoms with Crippen LogP contribution in [0.1, 0.15) is 37.4 Å². The van der Waals surface area contributed by atoms with Crippen molar-refractivity contribution in [1.29, 1.82) is 0 Å². The van der Waals surface area contributed by atoms with Crippen molar-refractivity contribution in [2.75, 3.05) is 0 Å². The third-order valence-corrected chi connectivity index (χ3v) is 4.68. The molecule has 1 aromatic carbocycles. The second-order valence-electron chi connectivity index (χ2n) is 5.61. The van der Waals surface area contributed by atoms with Gasteiger partial charge in [0.2, 0.25) is 0 Å². The molecule has 2 unspecified atom stereocenters. The Morgan fingerprint density at radius 2 is 1.94 bits per heavy atom. The van der Waals surface area contributed by atoms with Gasteiger partial charge in [-0.05, 0) is 55.2 Å². The smallest absolute Gasteiger partial charge is 0.0793 e. The lowest BCUT2D eigenvalue weighted by molar-refractivity contribution is -0.0594. The van der Waals surface area contributed by atoms with Crippen LogP contribution in [0.2, 0.25) is 5.02 Å². The van der Waals surface area contributed by atoms with E-state index in [1.165, 1.54) is 0 Å². The van der Waals surface area contributed by atoms with Gasteiger partial charge in [0.05, 0.1) is 11.7 Å². The third kappa shape index (κ3) is 1.99. The van der Waals surface area contributed by atoms with Crippen LogP contribution < -0.4 is 0 Å². The van der Waals surface area contributed by atoms with Crippen LogP contribution in [0.4, 0.5) is 0 Å². The van der Waals surface area contributed by atoms with Gasteiger partial charge in [-0.2, -0.15) is 0 Å². The van der Waals surface area contributed by atoms with E-state index < -0.39 is 11.7 Å². The molecule has 0 heterocycles. The highest BCUT2D eigenvalue weighted by Crippen LogP contribution is 2.57. The molecule has 2 atom stereocenters. The van der Waals surface area contributed by atoms with Gasteiger partial charge in [-0.25, -0.2) is 0 Å². The number of fused-ring (bicyclic) bond motifs is 1. The second-order valence-corrected chi connectivity index (χ2v) is 6.05. The molecule has 3 fully saturated rings. The molecule has 2 nitrogen and oxygen atoms in total. The molecule has 92 valence electrons. The molecule has 3 saturated carbocycles. The molecule has 3 aliphatic rings. The fraction of sp³-hybridized carbons (Fsp3) is 0.571. The summed E-state index contributed by atoms with van der Waals surface area (Å²) in [7, 11) is 0. The van der Waals surface area contributed by atoms with Crippen LogP contribution in [0.3, 0.4) is 0 Å². The van der Waals surface area contributed by atoms with E-state index in [1.54, 1.807) is 12.1 Å². The molecule has 4 rings (SSSR count). The average molecular weight is 253 g/mol. The van der Waals surface area contributed by atoms with Gasteiger partial charge >= 0.3 is 0 Å². The molecule has 0 spiro atoms. The van der Waals surface area contributed by atoms with Gasteiger partial charge in [0.15, 0.2) is 0 Å². The quantitative estimate of drug-likeness (QED) is 0.869. The summed E-state index contributed by atoms with van der Waals surface area (Å²) in [5, 5.41) is 21.1. The Labute approximate surface area is 106 Å². The lowest BCUT2D eigenvalue weighted by atomic mass is 9.76. The summed E-state index contributed by atoms with van der Waals surface area (Å²) in [5.41, 5.74) is 0.417. The SMILES string of the molecule is OC(CC1CC2CC1(O)C2)c1ccc(Cl)cc1. The van der Waals surface area contributed by atoms with Gasteiger partial charge in [-0.3, -0.25) is 0 Å². The summed E-state index contributed by atoms with van der Waals surface area (Å²) >= 11 is 5.82. The van der Waals surface area contributed by atoms with Crippen LogP contribution in [0.25, 0.3) is 0 Å². The Bertz CT molecular complexity index is 409. The van der Waals surface area contributed by atoms with Gasteiger partial charge in [0.25, 0.3) is 0 Å². The van der Waals surface area contributed by atoms with Gasteiger partial charge in [0, 0.05) is 5.02 Å². The first-order valence-electron chi connectivity index (χ1n) is 6.23. The van der Waals surface area contributed by atoms with Crippen molar-refractivity contribution in [3.05, 3.63) is 34.9 Å². The maximum absolute atomic E-state index is 10.2. The van der Waals surface area contributed by atoms with Crippen molar-refractivity contribution in [2.45, 2.75) is 37.4 Å². The zero-order valence-corrected chi connectivity index (χ0v) is 10.4. The molecular weight excluding hydrogens is 236 g/mol. The van der Waals surface area contributed by atoms with Crippen molar-refractivity contribution >= 4 is 11.6 Å². The molecule has 3 heteroatoms. The van der Waals surface area contributed by atoms with Crippen LogP contribution in [0.15, 0.2) is 24.3 Å². The number of hydrogen-bond donors (Lipinski definition) is 2. The van der Waals surface area contributed by atoms with Gasteiger partial charge in [-0.15, -0.1) is 0 Å². The number of hydrogen-bond acceptors (Lipinski definition) is 2. The number of halogens is 1. The normalized spacial score (nSPS) is 36.6. The zero-order chi connectivity index (χ0) is 12.0. The zero-order valence-electron chi connectivity index (χ0n) is 9.64. The summed E-state index contributed by atoms with van der Waals surface area (Å²) in [6.07, 6.45) is 3.12. The van der Waals surface area contributed by atoms with E-state index in [4.69, 9.17) is 11.6 Å². The molecule has 0 saturated heterocycles. The highest BCUT2D eigenvalue weighted by atomic mass is 35.5. The summed E-state index contributed by atoms with van der Waals surface area (Å²) in [6, 6.07) is 7.31. The number of rotatable bonds is 3. The minimum Gasteiger partial charge on any atom is -0.390 e. The number of benzene rings is 1. The fourth-order valence-corrected chi connectivity index (χ4v) is 3.59. The molecule has 2 N–H and O–H groups in total. The molecule has 0 amide bonds. The van der Waals surface area contributed by atoms with Crippen LogP contribution in [0, 0.1) is 11.8 Å². The lowest BCUT2D eigenvalue weighted by Crippen LogP contribution is -2.39. The molecule has 0 radical (unpaired) electrons. The van der Waals surface area contributed by atoms with E-state index >= 15 is 0 Å². The topological polar surface area (TPSA) is 40.5 Å². The minimum absolute atomic E-state index is 0.262. The Balaban J connectivity index is 1.67. The van der Waals surface area contributed by atoms with E-state index in [0.29, 0.717) is 17.4 Å². The van der Waals surface area contributed by atoms with E-state index in [0.717, 1.165) is 24.8 Å². The van der Waals surface area contributed by atoms with Crippen LogP contribution in [-0.4, -0.2) is 15.8 Å². The Morgan fingerprint density at radius 3 is 2.47 bits per heavy atom. The van der Waals surface area contributed by atoms with Crippen molar-refractivity contribution < 1.29 is 10.2 Å². The summed E-state index contributed by atoms with van der Waals surface area (Å²) in [4.78, 5) is 0. The Kier molecular flexibility index (Phi) is 2.69. The first kappa shape index (κ1) is 11.5. The standard InChI is InChI=1S/C14H17ClO2/c15-12-3-1-10(2-4-12)13(16)6-11-5-9-7-14(11,17)8-9/h1-4,9,11,13,16-17H,5-8H2. The average Bonchev–Trinajstić information content (AvgIpc) is 2.71. The summed E-state index contributed by atoms with van der Waals surface area (Å²) in [5.74, 6) is 0.959. The van der Waals surface area contributed by atoms with Crippen LogP contribution in [0.5, 0.6) is 0 Å². The lowest BCUT2D eigenvalue weighted by Gasteiger charge is -2.36. The van der Waals surface area contributed by atoms with Crippen LogP contribution >= 0.6 is 11.6 Å². The molecular formula is C14H17ClO2. The molecule has 1 aromatic rings. The second kappa shape index (κ2) is 3.98.